The Hall–Kier alpha value is -1.85. The fourth-order valence-electron chi connectivity index (χ4n) is 3.96. The molecule has 2 atom stereocenters. The van der Waals surface area contributed by atoms with Crippen molar-refractivity contribution in [2.24, 2.45) is 0 Å². The fraction of sp³-hybridized carbons (Fsp3) is 0.450. The van der Waals surface area contributed by atoms with Crippen LogP contribution >= 0.6 is 11.3 Å². The Bertz CT molecular complexity index is 729. The van der Waals surface area contributed by atoms with Crippen LogP contribution in [0.15, 0.2) is 36.4 Å². The lowest BCUT2D eigenvalue weighted by molar-refractivity contribution is 0.0681. The standard InChI is InChI=1S/C20H24N2O2S/c1-2-24-17-12-18(14-6-4-3-5-7-14)25-19(17)20(23)22-15-8-9-16(22)13-21-11-10-15/h3-7,12,15-16,21H,2,8-11,13H2,1H3. The third-order valence-electron chi connectivity index (χ3n) is 5.14. The second kappa shape index (κ2) is 7.18. The van der Waals surface area contributed by atoms with E-state index in [0.717, 1.165) is 53.4 Å². The van der Waals surface area contributed by atoms with Crippen LogP contribution in [0.25, 0.3) is 10.4 Å². The summed E-state index contributed by atoms with van der Waals surface area (Å²) in [7, 11) is 0. The molecule has 1 amide bonds. The minimum atomic E-state index is 0.145. The molecule has 3 heterocycles. The molecule has 2 unspecified atom stereocenters. The van der Waals surface area contributed by atoms with E-state index < -0.39 is 0 Å². The second-order valence-electron chi connectivity index (χ2n) is 6.69. The summed E-state index contributed by atoms with van der Waals surface area (Å²) in [5.41, 5.74) is 1.13. The van der Waals surface area contributed by atoms with Gasteiger partial charge in [0.1, 0.15) is 10.6 Å². The van der Waals surface area contributed by atoms with Gasteiger partial charge in [-0.05, 0) is 44.4 Å². The first-order valence-corrected chi connectivity index (χ1v) is 9.95. The third kappa shape index (κ3) is 3.18. The summed E-state index contributed by atoms with van der Waals surface area (Å²) < 4.78 is 5.82. The highest BCUT2D eigenvalue weighted by Crippen LogP contribution is 2.39. The van der Waals surface area contributed by atoms with Crippen LogP contribution in [-0.2, 0) is 0 Å². The van der Waals surface area contributed by atoms with Gasteiger partial charge < -0.3 is 15.0 Å². The topological polar surface area (TPSA) is 41.6 Å². The monoisotopic (exact) mass is 356 g/mol. The number of hydrogen-bond donors (Lipinski definition) is 1. The van der Waals surface area contributed by atoms with E-state index in [1.165, 1.54) is 0 Å². The molecular weight excluding hydrogens is 332 g/mol. The van der Waals surface area contributed by atoms with Crippen molar-refractivity contribution in [1.29, 1.82) is 0 Å². The molecule has 4 rings (SSSR count). The SMILES string of the molecule is CCOc1cc(-c2ccccc2)sc1C(=O)N1C2CCNCC1CC2. The molecule has 0 radical (unpaired) electrons. The minimum absolute atomic E-state index is 0.145. The van der Waals surface area contributed by atoms with Crippen molar-refractivity contribution in [1.82, 2.24) is 10.2 Å². The van der Waals surface area contributed by atoms with Gasteiger partial charge in [0, 0.05) is 23.5 Å². The number of rotatable bonds is 4. The summed E-state index contributed by atoms with van der Waals surface area (Å²) in [5.74, 6) is 0.875. The molecule has 4 nitrogen and oxygen atoms in total. The molecule has 1 aromatic heterocycles. The van der Waals surface area contributed by atoms with Gasteiger partial charge in [-0.15, -0.1) is 11.3 Å². The number of hydrogen-bond acceptors (Lipinski definition) is 4. The molecule has 1 N–H and O–H groups in total. The molecular formula is C20H24N2O2S. The highest BCUT2D eigenvalue weighted by Gasteiger charge is 2.39. The maximum absolute atomic E-state index is 13.4. The summed E-state index contributed by atoms with van der Waals surface area (Å²) in [6.07, 6.45) is 3.27. The molecule has 0 saturated carbocycles. The summed E-state index contributed by atoms with van der Waals surface area (Å²) in [6, 6.07) is 12.9. The Morgan fingerprint density at radius 2 is 2.04 bits per heavy atom. The van der Waals surface area contributed by atoms with Crippen LogP contribution < -0.4 is 10.1 Å². The molecule has 1 aromatic carbocycles. The zero-order valence-corrected chi connectivity index (χ0v) is 15.3. The van der Waals surface area contributed by atoms with Crippen molar-refractivity contribution < 1.29 is 9.53 Å². The van der Waals surface area contributed by atoms with Gasteiger partial charge >= 0.3 is 0 Å². The van der Waals surface area contributed by atoms with Crippen LogP contribution in [0, 0.1) is 0 Å². The molecule has 2 fully saturated rings. The number of fused-ring (bicyclic) bond motifs is 2. The molecule has 2 aromatic rings. The van der Waals surface area contributed by atoms with Crippen molar-refractivity contribution in [3.8, 4) is 16.2 Å². The summed E-state index contributed by atoms with van der Waals surface area (Å²) in [4.78, 5) is 17.4. The van der Waals surface area contributed by atoms with Gasteiger partial charge in [0.05, 0.1) is 6.61 Å². The average molecular weight is 356 g/mol. The molecule has 25 heavy (non-hydrogen) atoms. The molecule has 132 valence electrons. The maximum Gasteiger partial charge on any atom is 0.268 e. The lowest BCUT2D eigenvalue weighted by Gasteiger charge is -2.27. The molecule has 2 saturated heterocycles. The molecule has 2 aliphatic rings. The van der Waals surface area contributed by atoms with Gasteiger partial charge in [-0.3, -0.25) is 4.79 Å². The lowest BCUT2D eigenvalue weighted by atomic mass is 10.1. The predicted octanol–water partition coefficient (Wildman–Crippen LogP) is 3.78. The van der Waals surface area contributed by atoms with Crippen molar-refractivity contribution in [2.45, 2.75) is 38.3 Å². The number of amides is 1. The van der Waals surface area contributed by atoms with Gasteiger partial charge in [0.2, 0.25) is 0 Å². The highest BCUT2D eigenvalue weighted by molar-refractivity contribution is 7.17. The molecule has 2 bridgehead atoms. The third-order valence-corrected chi connectivity index (χ3v) is 6.29. The Morgan fingerprint density at radius 1 is 1.24 bits per heavy atom. The Morgan fingerprint density at radius 3 is 2.84 bits per heavy atom. The first-order chi connectivity index (χ1) is 12.3. The zero-order valence-electron chi connectivity index (χ0n) is 14.5. The van der Waals surface area contributed by atoms with Gasteiger partial charge in [0.15, 0.2) is 0 Å². The van der Waals surface area contributed by atoms with E-state index in [-0.39, 0.29) is 5.91 Å². The molecule has 0 spiro atoms. The molecule has 2 aliphatic heterocycles. The van der Waals surface area contributed by atoms with Crippen LogP contribution in [0.4, 0.5) is 0 Å². The Kier molecular flexibility index (Phi) is 4.77. The van der Waals surface area contributed by atoms with Crippen LogP contribution in [-0.4, -0.2) is 42.6 Å². The zero-order chi connectivity index (χ0) is 17.2. The largest absolute Gasteiger partial charge is 0.492 e. The van der Waals surface area contributed by atoms with Crippen LogP contribution in [0.3, 0.4) is 0 Å². The van der Waals surface area contributed by atoms with Crippen molar-refractivity contribution in [2.75, 3.05) is 19.7 Å². The second-order valence-corrected chi connectivity index (χ2v) is 7.75. The summed E-state index contributed by atoms with van der Waals surface area (Å²) in [6.45, 7) is 4.44. The minimum Gasteiger partial charge on any atom is -0.492 e. The van der Waals surface area contributed by atoms with Crippen LogP contribution in [0.5, 0.6) is 5.75 Å². The van der Waals surface area contributed by atoms with E-state index in [2.05, 4.69) is 22.3 Å². The van der Waals surface area contributed by atoms with Gasteiger partial charge in [-0.1, -0.05) is 30.3 Å². The van der Waals surface area contributed by atoms with E-state index >= 15 is 0 Å². The number of carbonyl (C=O) groups excluding carboxylic acids is 1. The maximum atomic E-state index is 13.4. The summed E-state index contributed by atoms with van der Waals surface area (Å²) >= 11 is 1.56. The van der Waals surface area contributed by atoms with E-state index in [9.17, 15) is 4.79 Å². The normalized spacial score (nSPS) is 22.7. The predicted molar refractivity (Wildman–Crippen MR) is 101 cm³/mol. The first-order valence-electron chi connectivity index (χ1n) is 9.13. The van der Waals surface area contributed by atoms with Crippen LogP contribution in [0.1, 0.15) is 35.9 Å². The van der Waals surface area contributed by atoms with E-state index in [1.54, 1.807) is 11.3 Å². The average Bonchev–Trinajstić information content (AvgIpc) is 3.15. The van der Waals surface area contributed by atoms with E-state index in [0.29, 0.717) is 18.7 Å². The quantitative estimate of drug-likeness (QED) is 0.906. The van der Waals surface area contributed by atoms with Gasteiger partial charge in [0.25, 0.3) is 5.91 Å². The fourth-order valence-corrected chi connectivity index (χ4v) is 5.01. The Balaban J connectivity index is 1.69. The summed E-state index contributed by atoms with van der Waals surface area (Å²) in [5, 5.41) is 3.46. The lowest BCUT2D eigenvalue weighted by Crippen LogP contribution is -2.42. The van der Waals surface area contributed by atoms with Crippen LogP contribution in [0.2, 0.25) is 0 Å². The number of nitrogens with zero attached hydrogens (tertiary/aromatic N) is 1. The number of carbonyl (C=O) groups is 1. The van der Waals surface area contributed by atoms with E-state index in [1.807, 2.05) is 31.2 Å². The number of ether oxygens (including phenoxy) is 1. The van der Waals surface area contributed by atoms with Crippen molar-refractivity contribution in [3.05, 3.63) is 41.3 Å². The number of nitrogens with one attached hydrogen (secondary N) is 1. The molecule has 5 heteroatoms. The van der Waals surface area contributed by atoms with E-state index in [4.69, 9.17) is 4.74 Å². The highest BCUT2D eigenvalue weighted by atomic mass is 32.1. The van der Waals surface area contributed by atoms with Gasteiger partial charge in [-0.25, -0.2) is 0 Å². The van der Waals surface area contributed by atoms with Crippen molar-refractivity contribution >= 4 is 17.2 Å². The first kappa shape index (κ1) is 16.6. The van der Waals surface area contributed by atoms with Gasteiger partial charge in [-0.2, -0.15) is 0 Å². The van der Waals surface area contributed by atoms with Crippen molar-refractivity contribution in [3.63, 3.8) is 0 Å². The Labute approximate surface area is 152 Å². The number of thiophene rings is 1. The number of benzene rings is 1. The smallest absolute Gasteiger partial charge is 0.268 e. The molecule has 0 aliphatic carbocycles.